The van der Waals surface area contributed by atoms with Crippen molar-refractivity contribution in [2.75, 3.05) is 24.6 Å². The lowest BCUT2D eigenvalue weighted by Gasteiger charge is -2.31. The quantitative estimate of drug-likeness (QED) is 0.291. The second kappa shape index (κ2) is 10.5. The van der Waals surface area contributed by atoms with Crippen LogP contribution in [-0.4, -0.2) is 41.1 Å². The first-order valence-corrected chi connectivity index (χ1v) is 11.1. The van der Waals surface area contributed by atoms with E-state index in [4.69, 9.17) is 9.94 Å². The lowest BCUT2D eigenvalue weighted by molar-refractivity contribution is 0.207. The number of hydrogen-bond acceptors (Lipinski definition) is 6. The number of benzene rings is 2. The van der Waals surface area contributed by atoms with Crippen molar-refractivity contribution in [1.29, 1.82) is 0 Å². The Kier molecular flexibility index (Phi) is 7.30. The van der Waals surface area contributed by atoms with E-state index in [1.807, 2.05) is 12.4 Å². The molecule has 9 heteroatoms. The third-order valence-electron chi connectivity index (χ3n) is 5.99. The molecule has 0 saturated carbocycles. The van der Waals surface area contributed by atoms with E-state index in [-0.39, 0.29) is 23.7 Å². The maximum atomic E-state index is 14.7. The molecule has 34 heavy (non-hydrogen) atoms. The summed E-state index contributed by atoms with van der Waals surface area (Å²) >= 11 is 0. The van der Waals surface area contributed by atoms with Gasteiger partial charge in [-0.25, -0.2) is 23.1 Å². The molecule has 1 fully saturated rings. The summed E-state index contributed by atoms with van der Waals surface area (Å²) in [5.41, 5.74) is 1.61. The van der Waals surface area contributed by atoms with Crippen LogP contribution in [0.2, 0.25) is 0 Å². The number of anilines is 1. The van der Waals surface area contributed by atoms with E-state index in [1.54, 1.807) is 0 Å². The van der Waals surface area contributed by atoms with Gasteiger partial charge in [-0.2, -0.15) is 0 Å². The predicted octanol–water partition coefficient (Wildman–Crippen LogP) is 5.23. The summed E-state index contributed by atoms with van der Waals surface area (Å²) in [6.07, 6.45) is 7.08. The van der Waals surface area contributed by atoms with Crippen LogP contribution in [0.1, 0.15) is 30.9 Å². The molecule has 2 aromatic carbocycles. The maximum absolute atomic E-state index is 14.7. The Labute approximate surface area is 195 Å². The number of hydrogen-bond donors (Lipinski definition) is 1. The van der Waals surface area contributed by atoms with Crippen LogP contribution in [0.15, 0.2) is 47.9 Å². The van der Waals surface area contributed by atoms with Crippen LogP contribution in [0.25, 0.3) is 11.1 Å². The molecule has 6 nitrogen and oxygen atoms in total. The molecule has 0 unspecified atom stereocenters. The number of nitrogens with zero attached hydrogens (tertiary/aromatic N) is 4. The van der Waals surface area contributed by atoms with E-state index >= 15 is 0 Å². The first-order valence-electron chi connectivity index (χ1n) is 11.1. The molecule has 1 saturated heterocycles. The Morgan fingerprint density at radius 2 is 1.68 bits per heavy atom. The summed E-state index contributed by atoms with van der Waals surface area (Å²) < 4.78 is 48.9. The third-order valence-corrected chi connectivity index (χ3v) is 5.99. The molecular formula is C25H25F3N4O2. The normalized spacial score (nSPS) is 14.6. The average molecular weight is 470 g/mol. The van der Waals surface area contributed by atoms with Crippen molar-refractivity contribution in [1.82, 2.24) is 9.97 Å². The number of rotatable bonds is 7. The van der Waals surface area contributed by atoms with Gasteiger partial charge >= 0.3 is 0 Å². The van der Waals surface area contributed by atoms with Crippen molar-refractivity contribution in [3.8, 4) is 16.9 Å². The second-order valence-electron chi connectivity index (χ2n) is 8.24. The van der Waals surface area contributed by atoms with Gasteiger partial charge in [0.2, 0.25) is 5.95 Å². The summed E-state index contributed by atoms with van der Waals surface area (Å²) in [4.78, 5) is 10.9. The van der Waals surface area contributed by atoms with Crippen LogP contribution in [-0.2, 0) is 6.42 Å². The van der Waals surface area contributed by atoms with Crippen molar-refractivity contribution in [2.24, 2.45) is 11.1 Å². The Morgan fingerprint density at radius 3 is 2.26 bits per heavy atom. The number of halogens is 3. The number of oxime groups is 1. The van der Waals surface area contributed by atoms with Crippen LogP contribution >= 0.6 is 0 Å². The SMILES string of the molecule is CCc1cnc(N2CCC(COc3c(F)cc(-c4ccc(/C=N/O)c(F)c4)cc3F)CC2)nc1. The summed E-state index contributed by atoms with van der Waals surface area (Å²) in [7, 11) is 0. The molecule has 1 aromatic heterocycles. The van der Waals surface area contributed by atoms with Gasteiger partial charge in [0.05, 0.1) is 12.8 Å². The van der Waals surface area contributed by atoms with Gasteiger partial charge in [-0.15, -0.1) is 0 Å². The van der Waals surface area contributed by atoms with Crippen LogP contribution < -0.4 is 9.64 Å². The lowest BCUT2D eigenvalue weighted by atomic mass is 9.98. The fourth-order valence-corrected chi connectivity index (χ4v) is 3.93. The van der Waals surface area contributed by atoms with E-state index in [2.05, 4.69) is 26.9 Å². The zero-order valence-corrected chi connectivity index (χ0v) is 18.7. The van der Waals surface area contributed by atoms with Crippen LogP contribution in [0.3, 0.4) is 0 Å². The zero-order valence-electron chi connectivity index (χ0n) is 18.7. The van der Waals surface area contributed by atoms with Crippen molar-refractivity contribution >= 4 is 12.2 Å². The third kappa shape index (κ3) is 5.30. The van der Waals surface area contributed by atoms with Gasteiger partial charge in [-0.3, -0.25) is 0 Å². The highest BCUT2D eigenvalue weighted by atomic mass is 19.1. The monoisotopic (exact) mass is 470 g/mol. The molecular weight excluding hydrogens is 445 g/mol. The van der Waals surface area contributed by atoms with Crippen molar-refractivity contribution in [2.45, 2.75) is 26.2 Å². The predicted molar refractivity (Wildman–Crippen MR) is 123 cm³/mol. The van der Waals surface area contributed by atoms with E-state index in [9.17, 15) is 13.2 Å². The smallest absolute Gasteiger partial charge is 0.225 e. The van der Waals surface area contributed by atoms with Gasteiger partial charge in [-0.1, -0.05) is 18.1 Å². The van der Waals surface area contributed by atoms with Crippen LogP contribution in [0, 0.1) is 23.4 Å². The molecule has 0 atom stereocenters. The Balaban J connectivity index is 1.37. The minimum absolute atomic E-state index is 0.0581. The summed E-state index contributed by atoms with van der Waals surface area (Å²) in [6.45, 7) is 3.73. The van der Waals surface area contributed by atoms with Crippen molar-refractivity contribution in [3.63, 3.8) is 0 Å². The van der Waals surface area contributed by atoms with Gasteiger partial charge in [0.1, 0.15) is 5.82 Å². The molecule has 0 spiro atoms. The Morgan fingerprint density at radius 1 is 1.03 bits per heavy atom. The van der Waals surface area contributed by atoms with Gasteiger partial charge in [0.25, 0.3) is 0 Å². The highest BCUT2D eigenvalue weighted by Gasteiger charge is 2.23. The lowest BCUT2D eigenvalue weighted by Crippen LogP contribution is -2.36. The van der Waals surface area contributed by atoms with E-state index in [1.165, 1.54) is 12.1 Å². The van der Waals surface area contributed by atoms with E-state index in [0.717, 1.165) is 62.3 Å². The average Bonchev–Trinajstić information content (AvgIpc) is 2.85. The van der Waals surface area contributed by atoms with Gasteiger partial charge in [-0.05, 0) is 66.1 Å². The molecule has 2 heterocycles. The topological polar surface area (TPSA) is 70.8 Å². The maximum Gasteiger partial charge on any atom is 0.225 e. The first-order chi connectivity index (χ1) is 16.5. The molecule has 0 aliphatic carbocycles. The molecule has 1 aliphatic heterocycles. The van der Waals surface area contributed by atoms with E-state index in [0.29, 0.717) is 11.5 Å². The standard InChI is InChI=1S/C25H25F3N4O2/c1-2-16-12-29-25(30-13-16)32-7-5-17(6-8-32)15-34-24-22(27)10-20(11-23(24)28)18-3-4-19(14-31-33)21(26)9-18/h3-4,9-14,17,33H,2,5-8,15H2,1H3/b31-14+. The summed E-state index contributed by atoms with van der Waals surface area (Å²) in [5, 5.41) is 11.3. The van der Waals surface area contributed by atoms with Gasteiger partial charge in [0, 0.05) is 31.0 Å². The second-order valence-corrected chi connectivity index (χ2v) is 8.24. The highest BCUT2D eigenvalue weighted by molar-refractivity contribution is 5.81. The fraction of sp³-hybridized carbons (Fsp3) is 0.320. The largest absolute Gasteiger partial charge is 0.487 e. The zero-order chi connectivity index (χ0) is 24.1. The Bertz CT molecular complexity index is 1140. The Hall–Kier alpha value is -3.62. The molecule has 1 aliphatic rings. The summed E-state index contributed by atoms with van der Waals surface area (Å²) in [6, 6.07) is 6.21. The molecule has 0 bridgehead atoms. The van der Waals surface area contributed by atoms with E-state index < -0.39 is 23.2 Å². The van der Waals surface area contributed by atoms with Crippen LogP contribution in [0.4, 0.5) is 19.1 Å². The number of piperidine rings is 1. The van der Waals surface area contributed by atoms with Crippen molar-refractivity contribution in [3.05, 3.63) is 71.3 Å². The minimum atomic E-state index is -0.849. The number of aryl methyl sites for hydroxylation is 1. The van der Waals surface area contributed by atoms with Gasteiger partial charge < -0.3 is 14.8 Å². The molecule has 3 aromatic rings. The van der Waals surface area contributed by atoms with Crippen LogP contribution in [0.5, 0.6) is 5.75 Å². The summed E-state index contributed by atoms with van der Waals surface area (Å²) in [5.74, 6) is -1.96. The van der Waals surface area contributed by atoms with Crippen molar-refractivity contribution < 1.29 is 23.1 Å². The number of aromatic nitrogens is 2. The number of ether oxygens (including phenoxy) is 1. The molecule has 4 rings (SSSR count). The first kappa shape index (κ1) is 23.5. The molecule has 1 N–H and O–H groups in total. The molecule has 0 radical (unpaired) electrons. The van der Waals surface area contributed by atoms with Gasteiger partial charge in [0.15, 0.2) is 17.4 Å². The molecule has 178 valence electrons. The fourth-order valence-electron chi connectivity index (χ4n) is 3.93. The minimum Gasteiger partial charge on any atom is -0.487 e. The molecule has 0 amide bonds. The highest BCUT2D eigenvalue weighted by Crippen LogP contribution is 2.31.